The lowest BCUT2D eigenvalue weighted by Gasteiger charge is -2.41. The zero-order valence-electron chi connectivity index (χ0n) is 19.5. The molecular formula is C25H26F2N4O4. The van der Waals surface area contributed by atoms with Crippen LogP contribution in [0.5, 0.6) is 5.75 Å². The van der Waals surface area contributed by atoms with Crippen molar-refractivity contribution in [1.29, 1.82) is 0 Å². The van der Waals surface area contributed by atoms with Gasteiger partial charge in [0, 0.05) is 36.1 Å². The molecule has 10 heteroatoms. The Morgan fingerprint density at radius 2 is 2.09 bits per heavy atom. The maximum absolute atomic E-state index is 13.3. The molecule has 5 heterocycles. The number of anilines is 1. The van der Waals surface area contributed by atoms with Crippen molar-refractivity contribution in [3.05, 3.63) is 58.4 Å². The minimum Gasteiger partial charge on any atom is -0.484 e. The highest BCUT2D eigenvalue weighted by molar-refractivity contribution is 6.06. The average molecular weight is 485 g/mol. The van der Waals surface area contributed by atoms with Gasteiger partial charge in [0.1, 0.15) is 17.1 Å². The number of halogens is 2. The van der Waals surface area contributed by atoms with E-state index in [-0.39, 0.29) is 39.6 Å². The largest absolute Gasteiger partial charge is 0.484 e. The van der Waals surface area contributed by atoms with Gasteiger partial charge in [0.15, 0.2) is 6.10 Å². The number of pyridine rings is 2. The number of hydrogen-bond acceptors (Lipinski definition) is 5. The molecule has 2 bridgehead atoms. The Bertz CT molecular complexity index is 1390. The summed E-state index contributed by atoms with van der Waals surface area (Å²) >= 11 is 0. The van der Waals surface area contributed by atoms with Gasteiger partial charge in [-0.3, -0.25) is 9.59 Å². The van der Waals surface area contributed by atoms with Crippen molar-refractivity contribution in [2.45, 2.75) is 69.1 Å². The topological polar surface area (TPSA) is 86.9 Å². The van der Waals surface area contributed by atoms with Crippen LogP contribution in [0.1, 0.15) is 61.6 Å². The molecule has 3 aromatic heterocycles. The van der Waals surface area contributed by atoms with Crippen LogP contribution in [0, 0.1) is 0 Å². The maximum Gasteiger partial charge on any atom is 0.274 e. The number of imidazole rings is 1. The fourth-order valence-electron chi connectivity index (χ4n) is 5.38. The Hall–Kier alpha value is -3.27. The van der Waals surface area contributed by atoms with Gasteiger partial charge in [-0.2, -0.15) is 0 Å². The van der Waals surface area contributed by atoms with E-state index in [1.807, 2.05) is 6.20 Å². The average Bonchev–Trinajstić information content (AvgIpc) is 3.33. The van der Waals surface area contributed by atoms with Crippen LogP contribution in [-0.4, -0.2) is 44.6 Å². The molecule has 184 valence electrons. The number of fused-ring (bicyclic) bond motifs is 2. The highest BCUT2D eigenvalue weighted by Crippen LogP contribution is 2.58. The first kappa shape index (κ1) is 22.2. The number of nitrogens with zero attached hydrogens (tertiary/aromatic N) is 3. The monoisotopic (exact) mass is 484 g/mol. The van der Waals surface area contributed by atoms with Crippen molar-refractivity contribution < 1.29 is 23.0 Å². The van der Waals surface area contributed by atoms with Gasteiger partial charge < -0.3 is 23.8 Å². The fraction of sp³-hybridized carbons (Fsp3) is 0.480. The first-order valence-corrected chi connectivity index (χ1v) is 11.8. The zero-order chi connectivity index (χ0) is 24.5. The predicted octanol–water partition coefficient (Wildman–Crippen LogP) is 3.94. The summed E-state index contributed by atoms with van der Waals surface area (Å²) < 4.78 is 41.2. The van der Waals surface area contributed by atoms with Gasteiger partial charge in [-0.1, -0.05) is 0 Å². The molecule has 0 aromatic carbocycles. The van der Waals surface area contributed by atoms with Crippen LogP contribution in [0.15, 0.2) is 41.6 Å². The molecule has 2 aliphatic carbocycles. The second-order valence-corrected chi connectivity index (χ2v) is 10.3. The van der Waals surface area contributed by atoms with Crippen molar-refractivity contribution in [2.24, 2.45) is 0 Å². The zero-order valence-corrected chi connectivity index (χ0v) is 19.5. The highest BCUT2D eigenvalue weighted by Gasteiger charge is 2.61. The molecule has 1 N–H and O–H groups in total. The fourth-order valence-corrected chi connectivity index (χ4v) is 5.38. The normalized spacial score (nSPS) is 26.1. The molecule has 35 heavy (non-hydrogen) atoms. The second-order valence-electron chi connectivity index (χ2n) is 10.3. The van der Waals surface area contributed by atoms with E-state index in [1.54, 1.807) is 21.2 Å². The van der Waals surface area contributed by atoms with Crippen LogP contribution >= 0.6 is 0 Å². The Kier molecular flexibility index (Phi) is 4.83. The molecule has 0 radical (unpaired) electrons. The Balaban J connectivity index is 1.37. The summed E-state index contributed by atoms with van der Waals surface area (Å²) in [6.07, 6.45) is 4.47. The summed E-state index contributed by atoms with van der Waals surface area (Å²) in [7, 11) is 0. The minimum atomic E-state index is -2.74. The summed E-state index contributed by atoms with van der Waals surface area (Å²) in [6, 6.07) is 4.88. The number of rotatable bonds is 7. The third-order valence-electron chi connectivity index (χ3n) is 7.29. The molecule has 7 rings (SSSR count). The van der Waals surface area contributed by atoms with Crippen molar-refractivity contribution >= 4 is 17.2 Å². The summed E-state index contributed by atoms with van der Waals surface area (Å²) in [4.78, 5) is 30.8. The van der Waals surface area contributed by atoms with Gasteiger partial charge in [-0.05, 0) is 51.7 Å². The molecule has 4 fully saturated rings. The van der Waals surface area contributed by atoms with Gasteiger partial charge in [0.05, 0.1) is 23.5 Å². The van der Waals surface area contributed by atoms with E-state index in [0.29, 0.717) is 12.3 Å². The number of carbonyl (C=O) groups excluding carboxylic acids is 1. The second kappa shape index (κ2) is 7.61. The Morgan fingerprint density at radius 1 is 1.31 bits per heavy atom. The lowest BCUT2D eigenvalue weighted by molar-refractivity contribution is 0.0154. The maximum atomic E-state index is 13.3. The molecule has 3 aromatic rings. The smallest absolute Gasteiger partial charge is 0.274 e. The van der Waals surface area contributed by atoms with E-state index in [2.05, 4.69) is 12.2 Å². The van der Waals surface area contributed by atoms with E-state index in [0.717, 1.165) is 31.4 Å². The van der Waals surface area contributed by atoms with E-state index >= 15 is 0 Å². The van der Waals surface area contributed by atoms with E-state index in [4.69, 9.17) is 14.5 Å². The van der Waals surface area contributed by atoms with Gasteiger partial charge in [-0.15, -0.1) is 0 Å². The molecule has 1 amide bonds. The van der Waals surface area contributed by atoms with Crippen LogP contribution in [-0.2, 0) is 10.2 Å². The summed E-state index contributed by atoms with van der Waals surface area (Å²) in [5, 5.41) is 2.65. The quantitative estimate of drug-likeness (QED) is 0.549. The summed E-state index contributed by atoms with van der Waals surface area (Å²) in [5.74, 6) is -0.639. The molecule has 2 aliphatic heterocycles. The molecule has 1 atom stereocenters. The molecule has 4 aliphatic rings. The molecular weight excluding hydrogens is 458 g/mol. The van der Waals surface area contributed by atoms with Gasteiger partial charge in [0.2, 0.25) is 0 Å². The van der Waals surface area contributed by atoms with Crippen LogP contribution in [0.25, 0.3) is 5.65 Å². The number of alkyl halides is 2. The SMILES string of the molecule is C[C@H](Oc1cc2nc(C34COC(C)(C3)C4)cn2cc1C(=O)Nc1cccn(C2CC2)c1=O)C(F)F. The van der Waals surface area contributed by atoms with Crippen LogP contribution in [0.3, 0.4) is 0 Å². The van der Waals surface area contributed by atoms with Crippen molar-refractivity contribution in [1.82, 2.24) is 14.0 Å². The van der Waals surface area contributed by atoms with Crippen molar-refractivity contribution in [3.8, 4) is 5.75 Å². The number of aromatic nitrogens is 3. The lowest BCUT2D eigenvalue weighted by Crippen LogP contribution is -2.45. The van der Waals surface area contributed by atoms with Crippen LogP contribution in [0.2, 0.25) is 0 Å². The van der Waals surface area contributed by atoms with Gasteiger partial charge in [-0.25, -0.2) is 13.8 Å². The lowest BCUT2D eigenvalue weighted by atomic mass is 9.62. The number of carbonyl (C=O) groups is 1. The third kappa shape index (κ3) is 3.71. The Labute approximate surface area is 199 Å². The Morgan fingerprint density at radius 3 is 2.74 bits per heavy atom. The summed E-state index contributed by atoms with van der Waals surface area (Å²) in [6.45, 7) is 3.89. The van der Waals surface area contributed by atoms with E-state index in [9.17, 15) is 18.4 Å². The number of nitrogens with one attached hydrogen (secondary N) is 1. The molecule has 8 nitrogen and oxygen atoms in total. The third-order valence-corrected chi connectivity index (χ3v) is 7.29. The van der Waals surface area contributed by atoms with Gasteiger partial charge >= 0.3 is 0 Å². The van der Waals surface area contributed by atoms with Crippen LogP contribution in [0.4, 0.5) is 14.5 Å². The number of hydrogen-bond donors (Lipinski definition) is 1. The molecule has 0 spiro atoms. The molecule has 0 unspecified atom stereocenters. The van der Waals surface area contributed by atoms with E-state index < -0.39 is 18.4 Å². The van der Waals surface area contributed by atoms with E-state index in [1.165, 1.54) is 25.3 Å². The predicted molar refractivity (Wildman–Crippen MR) is 123 cm³/mol. The van der Waals surface area contributed by atoms with Gasteiger partial charge in [0.25, 0.3) is 17.9 Å². The first-order chi connectivity index (χ1) is 16.7. The number of amides is 1. The molecule has 2 saturated carbocycles. The van der Waals surface area contributed by atoms with Crippen LogP contribution < -0.4 is 15.6 Å². The standard InChI is InChI=1S/C25H26F2N4O4/c1-14(21(26)27)35-18-8-20-29-19(25-11-24(2,12-25)34-13-25)10-30(20)9-16(18)22(32)28-17-4-3-7-31(23(17)33)15-5-6-15/h3-4,7-10,14-15,21H,5-6,11-13H2,1-2H3,(H,28,32)/t14-,24?,25?/m0/s1. The molecule has 2 saturated heterocycles. The van der Waals surface area contributed by atoms with Crippen molar-refractivity contribution in [3.63, 3.8) is 0 Å². The summed E-state index contributed by atoms with van der Waals surface area (Å²) in [5.41, 5.74) is 0.898. The highest BCUT2D eigenvalue weighted by atomic mass is 19.3. The number of ether oxygens (including phenoxy) is 2. The minimum absolute atomic E-state index is 0.0166. The van der Waals surface area contributed by atoms with Crippen molar-refractivity contribution in [2.75, 3.05) is 11.9 Å². The first-order valence-electron chi connectivity index (χ1n) is 11.8.